The molecule has 2 amide bonds. The summed E-state index contributed by atoms with van der Waals surface area (Å²) >= 11 is 0. The normalized spacial score (nSPS) is 22.5. The molecular formula is C16H31N3O4Si. The largest absolute Gasteiger partial charge is 0.465 e. The Morgan fingerprint density at radius 2 is 1.92 bits per heavy atom. The number of likely N-dealkylation sites (tertiary alicyclic amines) is 2. The van der Waals surface area contributed by atoms with Crippen LogP contribution in [0.5, 0.6) is 0 Å². The maximum absolute atomic E-state index is 11.9. The second kappa shape index (κ2) is 6.31. The van der Waals surface area contributed by atoms with Crippen LogP contribution in [0.25, 0.3) is 0 Å². The van der Waals surface area contributed by atoms with E-state index in [0.29, 0.717) is 19.6 Å². The van der Waals surface area contributed by atoms with Gasteiger partial charge in [-0.1, -0.05) is 20.8 Å². The molecule has 1 atom stereocenters. The third kappa shape index (κ3) is 3.45. The van der Waals surface area contributed by atoms with Gasteiger partial charge in [0.1, 0.15) is 6.04 Å². The molecule has 0 radical (unpaired) electrons. The average Bonchev–Trinajstić information content (AvgIpc) is 2.81. The molecule has 2 fully saturated rings. The first-order valence-corrected chi connectivity index (χ1v) is 11.5. The molecule has 138 valence electrons. The highest BCUT2D eigenvalue weighted by Crippen LogP contribution is 2.40. The lowest BCUT2D eigenvalue weighted by Gasteiger charge is -2.54. The number of hydrogen-bond donors (Lipinski definition) is 2. The molecule has 24 heavy (non-hydrogen) atoms. The Bertz CT molecular complexity index is 512. The highest BCUT2D eigenvalue weighted by Gasteiger charge is 2.54. The molecule has 0 aromatic heterocycles. The Labute approximate surface area is 145 Å². The van der Waals surface area contributed by atoms with E-state index in [9.17, 15) is 14.7 Å². The number of carboxylic acid groups (broad SMARTS) is 1. The minimum absolute atomic E-state index is 0.0664. The predicted molar refractivity (Wildman–Crippen MR) is 94.4 cm³/mol. The van der Waals surface area contributed by atoms with Crippen molar-refractivity contribution in [2.75, 3.05) is 26.2 Å². The summed E-state index contributed by atoms with van der Waals surface area (Å²) in [6.45, 7) is 12.7. The topological polar surface area (TPSA) is 96.1 Å². The molecule has 7 nitrogen and oxygen atoms in total. The minimum atomic E-state index is -1.96. The predicted octanol–water partition coefficient (Wildman–Crippen LogP) is 1.69. The summed E-state index contributed by atoms with van der Waals surface area (Å²) in [7, 11) is -1.96. The van der Waals surface area contributed by atoms with Crippen LogP contribution < -0.4 is 5.73 Å². The lowest BCUT2D eigenvalue weighted by molar-refractivity contribution is -0.131. The fraction of sp³-hybridized carbons (Fsp3) is 0.875. The number of primary amides is 1. The van der Waals surface area contributed by atoms with Gasteiger partial charge in [-0.05, 0) is 31.0 Å². The van der Waals surface area contributed by atoms with Crippen molar-refractivity contribution in [3.63, 3.8) is 0 Å². The van der Waals surface area contributed by atoms with Gasteiger partial charge in [-0.3, -0.25) is 9.69 Å². The minimum Gasteiger partial charge on any atom is -0.465 e. The number of nitrogens with two attached hydrogens (primary N) is 1. The fourth-order valence-corrected chi connectivity index (χ4v) is 4.37. The van der Waals surface area contributed by atoms with Crippen molar-refractivity contribution in [3.8, 4) is 0 Å². The number of rotatable bonds is 5. The number of hydrogen-bond acceptors (Lipinski definition) is 4. The van der Waals surface area contributed by atoms with E-state index in [4.69, 9.17) is 10.2 Å². The Morgan fingerprint density at radius 1 is 1.33 bits per heavy atom. The summed E-state index contributed by atoms with van der Waals surface area (Å²) in [5, 5.41) is 9.41. The second-order valence-electron chi connectivity index (χ2n) is 8.66. The first kappa shape index (κ1) is 19.2. The van der Waals surface area contributed by atoms with Crippen LogP contribution in [0.3, 0.4) is 0 Å². The summed E-state index contributed by atoms with van der Waals surface area (Å²) in [5.41, 5.74) is 5.26. The van der Waals surface area contributed by atoms with Crippen LogP contribution in [0.4, 0.5) is 4.79 Å². The van der Waals surface area contributed by atoms with Crippen LogP contribution in [0.2, 0.25) is 18.1 Å². The molecule has 2 saturated heterocycles. The molecule has 0 aromatic carbocycles. The lowest BCUT2D eigenvalue weighted by Crippen LogP contribution is -2.72. The Kier molecular flexibility index (Phi) is 5.05. The molecule has 8 heteroatoms. The zero-order valence-electron chi connectivity index (χ0n) is 15.5. The molecule has 0 bridgehead atoms. The first-order valence-electron chi connectivity index (χ1n) is 8.58. The number of carbonyl (C=O) groups excluding carboxylic acids is 1. The van der Waals surface area contributed by atoms with Gasteiger partial charge < -0.3 is 20.2 Å². The number of carbonyl (C=O) groups is 2. The van der Waals surface area contributed by atoms with E-state index in [-0.39, 0.29) is 17.2 Å². The van der Waals surface area contributed by atoms with Gasteiger partial charge in [-0.15, -0.1) is 0 Å². The maximum atomic E-state index is 11.9. The highest BCUT2D eigenvalue weighted by molar-refractivity contribution is 6.74. The second-order valence-corrected chi connectivity index (χ2v) is 13.5. The van der Waals surface area contributed by atoms with Crippen molar-refractivity contribution in [2.24, 2.45) is 5.73 Å². The van der Waals surface area contributed by atoms with E-state index >= 15 is 0 Å². The molecule has 2 aliphatic heterocycles. The molecule has 1 spiro atoms. The zero-order valence-corrected chi connectivity index (χ0v) is 16.5. The SMILES string of the molecule is CC(C)(C)[Si](C)(C)OCC(C(N)=O)N1CC2(CCCN2C(=O)O)C1. The first-order chi connectivity index (χ1) is 10.9. The molecule has 0 saturated carbocycles. The highest BCUT2D eigenvalue weighted by atomic mass is 28.4. The number of nitrogens with zero attached hydrogens (tertiary/aromatic N) is 2. The van der Waals surface area contributed by atoms with Crippen molar-refractivity contribution in [3.05, 3.63) is 0 Å². The summed E-state index contributed by atoms with van der Waals surface area (Å²) < 4.78 is 6.17. The van der Waals surface area contributed by atoms with Gasteiger partial charge in [-0.25, -0.2) is 4.79 Å². The molecule has 2 aliphatic rings. The van der Waals surface area contributed by atoms with Crippen LogP contribution in [-0.4, -0.2) is 73.0 Å². The van der Waals surface area contributed by atoms with E-state index in [1.54, 1.807) is 0 Å². The van der Waals surface area contributed by atoms with Crippen molar-refractivity contribution in [1.29, 1.82) is 0 Å². The van der Waals surface area contributed by atoms with Gasteiger partial charge in [0, 0.05) is 19.6 Å². The van der Waals surface area contributed by atoms with Gasteiger partial charge in [0.2, 0.25) is 5.91 Å². The van der Waals surface area contributed by atoms with E-state index in [2.05, 4.69) is 33.9 Å². The van der Waals surface area contributed by atoms with Crippen molar-refractivity contribution >= 4 is 20.3 Å². The van der Waals surface area contributed by atoms with Crippen LogP contribution in [0, 0.1) is 0 Å². The van der Waals surface area contributed by atoms with Crippen LogP contribution in [-0.2, 0) is 9.22 Å². The standard InChI is InChI=1S/C16H31N3O4Si/c1-15(2,3)24(4,5)23-9-12(13(17)20)18-10-16(11-18)7-6-8-19(16)14(21)22/h12H,6-11H2,1-5H3,(H2,17,20)(H,21,22). The van der Waals surface area contributed by atoms with E-state index in [1.165, 1.54) is 4.90 Å². The van der Waals surface area contributed by atoms with Gasteiger partial charge >= 0.3 is 6.09 Å². The smallest absolute Gasteiger partial charge is 0.407 e. The summed E-state index contributed by atoms with van der Waals surface area (Å²) in [5.74, 6) is -0.400. The van der Waals surface area contributed by atoms with Crippen molar-refractivity contribution in [2.45, 2.75) is 63.3 Å². The Balaban J connectivity index is 1.99. The third-order valence-electron chi connectivity index (χ3n) is 6.00. The summed E-state index contributed by atoms with van der Waals surface area (Å²) in [4.78, 5) is 26.8. The molecule has 1 unspecified atom stereocenters. The van der Waals surface area contributed by atoms with Crippen molar-refractivity contribution < 1.29 is 19.1 Å². The summed E-state index contributed by atoms with van der Waals surface area (Å²) in [6, 6.07) is -0.485. The molecular weight excluding hydrogens is 326 g/mol. The van der Waals surface area contributed by atoms with Crippen LogP contribution in [0.15, 0.2) is 0 Å². The average molecular weight is 358 g/mol. The van der Waals surface area contributed by atoms with Gasteiger partial charge in [0.25, 0.3) is 0 Å². The Morgan fingerprint density at radius 3 is 2.38 bits per heavy atom. The van der Waals surface area contributed by atoms with Gasteiger partial charge in [-0.2, -0.15) is 0 Å². The van der Waals surface area contributed by atoms with Crippen LogP contribution in [0.1, 0.15) is 33.6 Å². The van der Waals surface area contributed by atoms with Gasteiger partial charge in [0.15, 0.2) is 8.32 Å². The fourth-order valence-electron chi connectivity index (χ4n) is 3.37. The third-order valence-corrected chi connectivity index (χ3v) is 10.5. The monoisotopic (exact) mass is 357 g/mol. The summed E-state index contributed by atoms with van der Waals surface area (Å²) in [6.07, 6.45) is 0.854. The lowest BCUT2D eigenvalue weighted by atomic mass is 9.85. The van der Waals surface area contributed by atoms with Gasteiger partial charge in [0.05, 0.1) is 12.1 Å². The maximum Gasteiger partial charge on any atom is 0.407 e. The molecule has 0 aromatic rings. The van der Waals surface area contributed by atoms with E-state index < -0.39 is 26.4 Å². The quantitative estimate of drug-likeness (QED) is 0.730. The van der Waals surface area contributed by atoms with Crippen LogP contribution >= 0.6 is 0 Å². The van der Waals surface area contributed by atoms with E-state index in [0.717, 1.165) is 12.8 Å². The van der Waals surface area contributed by atoms with Crippen molar-refractivity contribution in [1.82, 2.24) is 9.80 Å². The molecule has 3 N–H and O–H groups in total. The molecule has 2 rings (SSSR count). The zero-order chi connectivity index (χ0) is 18.3. The number of amides is 2. The van der Waals surface area contributed by atoms with E-state index in [1.807, 2.05) is 4.90 Å². The molecule has 2 heterocycles. The molecule has 0 aliphatic carbocycles. The Hall–Kier alpha value is -1.12.